The maximum absolute atomic E-state index is 13.4. The molecule has 1 aromatic rings. The number of hydrogen-bond donors (Lipinski definition) is 1. The molecule has 27 heavy (non-hydrogen) atoms. The summed E-state index contributed by atoms with van der Waals surface area (Å²) >= 11 is 0. The van der Waals surface area contributed by atoms with Gasteiger partial charge in [0, 0.05) is 0 Å². The van der Waals surface area contributed by atoms with Crippen LogP contribution >= 0.6 is 0 Å². The highest BCUT2D eigenvalue weighted by molar-refractivity contribution is 5.52. The Hall–Kier alpha value is -2.09. The van der Waals surface area contributed by atoms with Crippen molar-refractivity contribution in [3.63, 3.8) is 0 Å². The molecule has 0 aliphatic heterocycles. The van der Waals surface area contributed by atoms with Gasteiger partial charge in [-0.25, -0.2) is 0 Å². The zero-order chi connectivity index (χ0) is 21.7. The van der Waals surface area contributed by atoms with Gasteiger partial charge < -0.3 is 10.5 Å². The van der Waals surface area contributed by atoms with Gasteiger partial charge in [0.1, 0.15) is 5.75 Å². The molecule has 2 nitrogen and oxygen atoms in total. The highest BCUT2D eigenvalue weighted by atomic mass is 19.4. The molecule has 0 aliphatic rings. The van der Waals surface area contributed by atoms with Crippen LogP contribution in [-0.2, 0) is 0 Å². The summed E-state index contributed by atoms with van der Waals surface area (Å²) in [4.78, 5) is 0. The van der Waals surface area contributed by atoms with Crippen LogP contribution in [0.25, 0.3) is 0 Å². The molecule has 15 heteroatoms. The van der Waals surface area contributed by atoms with Gasteiger partial charge in [0.05, 0.1) is 5.69 Å². The number of ether oxygens (including phenoxy) is 1. The number of rotatable bonds is 6. The summed E-state index contributed by atoms with van der Waals surface area (Å²) in [6.07, 6.45) is -14.1. The van der Waals surface area contributed by atoms with Crippen molar-refractivity contribution >= 4 is 5.69 Å². The van der Waals surface area contributed by atoms with Crippen LogP contribution in [-0.4, -0.2) is 36.0 Å². The number of alkyl halides is 13. The normalized spacial score (nSPS) is 15.0. The molecular formula is C12H6F13NO. The first kappa shape index (κ1) is 23.0. The topological polar surface area (TPSA) is 35.2 Å². The summed E-state index contributed by atoms with van der Waals surface area (Å²) in [6.45, 7) is 0. The van der Waals surface area contributed by atoms with E-state index in [-0.39, 0.29) is 0 Å². The maximum atomic E-state index is 13.4. The lowest BCUT2D eigenvalue weighted by Crippen LogP contribution is -2.70. The largest absolute Gasteiger partial charge is 0.471 e. The van der Waals surface area contributed by atoms with Crippen molar-refractivity contribution in [1.82, 2.24) is 0 Å². The molecule has 0 heterocycles. The fraction of sp³-hybridized carbons (Fsp3) is 0.500. The second kappa shape index (κ2) is 6.22. The average molecular weight is 427 g/mol. The third-order valence-corrected chi connectivity index (χ3v) is 3.06. The fourth-order valence-electron chi connectivity index (χ4n) is 1.53. The quantitative estimate of drug-likeness (QED) is 0.491. The van der Waals surface area contributed by atoms with Gasteiger partial charge in [-0.05, 0) is 12.1 Å². The van der Waals surface area contributed by atoms with Crippen LogP contribution in [0.4, 0.5) is 62.8 Å². The van der Waals surface area contributed by atoms with E-state index in [0.29, 0.717) is 12.1 Å². The van der Waals surface area contributed by atoms with Crippen molar-refractivity contribution in [3.05, 3.63) is 24.3 Å². The molecule has 0 saturated carbocycles. The summed E-state index contributed by atoms with van der Waals surface area (Å²) in [5, 5.41) is 0. The van der Waals surface area contributed by atoms with Gasteiger partial charge in [-0.1, -0.05) is 12.1 Å². The predicted octanol–water partition coefficient (Wildman–Crippen LogP) is 5.34. The molecule has 156 valence electrons. The molecule has 0 aliphatic carbocycles. The predicted molar refractivity (Wildman–Crippen MR) is 62.3 cm³/mol. The Kier molecular flexibility index (Phi) is 5.29. The van der Waals surface area contributed by atoms with Crippen LogP contribution in [0.15, 0.2) is 24.3 Å². The maximum Gasteiger partial charge on any atom is 0.471 e. The number of benzene rings is 1. The van der Waals surface area contributed by atoms with E-state index in [0.717, 1.165) is 12.1 Å². The van der Waals surface area contributed by atoms with E-state index >= 15 is 0 Å². The second-order valence-electron chi connectivity index (χ2n) is 4.95. The molecule has 2 N–H and O–H groups in total. The van der Waals surface area contributed by atoms with Gasteiger partial charge in [-0.2, -0.15) is 57.1 Å². The molecule has 0 unspecified atom stereocenters. The molecule has 0 amide bonds. The van der Waals surface area contributed by atoms with E-state index in [1.54, 1.807) is 0 Å². The number of hydrogen-bond acceptors (Lipinski definition) is 2. The molecule has 0 saturated heterocycles. The summed E-state index contributed by atoms with van der Waals surface area (Å²) in [5.41, 5.74) is 4.10. The highest BCUT2D eigenvalue weighted by Crippen LogP contribution is 2.60. The molecule has 0 atom stereocenters. The van der Waals surface area contributed by atoms with Crippen molar-refractivity contribution in [1.29, 1.82) is 0 Å². The summed E-state index contributed by atoms with van der Waals surface area (Å²) in [7, 11) is 0. The van der Waals surface area contributed by atoms with E-state index in [2.05, 4.69) is 4.74 Å². The van der Waals surface area contributed by atoms with Gasteiger partial charge in [0.15, 0.2) is 0 Å². The number of nitrogens with two attached hydrogens (primary N) is 1. The first-order valence-electron chi connectivity index (χ1n) is 6.23. The lowest BCUT2D eigenvalue weighted by molar-refractivity contribution is -0.456. The third-order valence-electron chi connectivity index (χ3n) is 3.06. The number of para-hydroxylation sites is 2. The van der Waals surface area contributed by atoms with E-state index < -0.39 is 47.4 Å². The van der Waals surface area contributed by atoms with Crippen molar-refractivity contribution in [2.75, 3.05) is 5.73 Å². The van der Waals surface area contributed by atoms with Crippen LogP contribution in [0, 0.1) is 0 Å². The van der Waals surface area contributed by atoms with E-state index in [9.17, 15) is 57.1 Å². The number of anilines is 1. The van der Waals surface area contributed by atoms with E-state index in [1.807, 2.05) is 0 Å². The Morgan fingerprint density at radius 1 is 0.593 bits per heavy atom. The summed E-state index contributed by atoms with van der Waals surface area (Å²) in [6, 6.07) is 2.92. The van der Waals surface area contributed by atoms with Gasteiger partial charge in [-0.15, -0.1) is 0 Å². The Morgan fingerprint density at radius 3 is 1.41 bits per heavy atom. The first-order valence-corrected chi connectivity index (χ1v) is 6.23. The average Bonchev–Trinajstić information content (AvgIpc) is 2.47. The Labute approximate surface area is 140 Å². The van der Waals surface area contributed by atoms with Gasteiger partial charge in [0.2, 0.25) is 0 Å². The Morgan fingerprint density at radius 2 is 1.00 bits per heavy atom. The van der Waals surface area contributed by atoms with Crippen molar-refractivity contribution in [2.45, 2.75) is 36.0 Å². The highest BCUT2D eigenvalue weighted by Gasteiger charge is 2.91. The van der Waals surface area contributed by atoms with Crippen LogP contribution in [0.2, 0.25) is 0 Å². The van der Waals surface area contributed by atoms with Crippen molar-refractivity contribution in [2.24, 2.45) is 0 Å². The van der Waals surface area contributed by atoms with E-state index in [4.69, 9.17) is 5.73 Å². The zero-order valence-electron chi connectivity index (χ0n) is 12.2. The minimum atomic E-state index is -7.98. The molecule has 1 rings (SSSR count). The standard InChI is InChI=1S/C12H6F13NO/c13-7(14,9(17,18)11(21,22)23)8(15,16)10(19,20)12(24,25)27-6-4-2-1-3-5(6)26/h1-4H,26H2. The third kappa shape index (κ3) is 3.31. The van der Waals surface area contributed by atoms with E-state index in [1.165, 1.54) is 0 Å². The minimum Gasteiger partial charge on any atom is -0.426 e. The number of nitrogen functional groups attached to an aromatic ring is 1. The molecule has 1 aromatic carbocycles. The molecule has 0 spiro atoms. The molecule has 0 radical (unpaired) electrons. The molecular weight excluding hydrogens is 421 g/mol. The Bertz CT molecular complexity index is 682. The van der Waals surface area contributed by atoms with Gasteiger partial charge >= 0.3 is 36.0 Å². The molecule has 0 bridgehead atoms. The van der Waals surface area contributed by atoms with Crippen LogP contribution in [0.3, 0.4) is 0 Å². The second-order valence-corrected chi connectivity index (χ2v) is 4.95. The lowest BCUT2D eigenvalue weighted by Gasteiger charge is -2.39. The Balaban J connectivity index is 3.43. The fourth-order valence-corrected chi connectivity index (χ4v) is 1.53. The van der Waals surface area contributed by atoms with Gasteiger partial charge in [-0.3, -0.25) is 0 Å². The SMILES string of the molecule is Nc1ccccc1OC(F)(F)C(F)(F)C(F)(F)C(F)(F)C(F)(F)C(F)(F)F. The van der Waals surface area contributed by atoms with Crippen LogP contribution < -0.4 is 10.5 Å². The molecule has 0 fully saturated rings. The summed E-state index contributed by atoms with van der Waals surface area (Å²) in [5.74, 6) is -32.7. The smallest absolute Gasteiger partial charge is 0.426 e. The first-order chi connectivity index (χ1) is 11.7. The number of halogens is 13. The van der Waals surface area contributed by atoms with Gasteiger partial charge in [0.25, 0.3) is 0 Å². The van der Waals surface area contributed by atoms with Crippen molar-refractivity contribution in [3.8, 4) is 5.75 Å². The molecule has 0 aromatic heterocycles. The minimum absolute atomic E-state index is 0.389. The summed E-state index contributed by atoms with van der Waals surface area (Å²) < 4.78 is 170. The zero-order valence-corrected chi connectivity index (χ0v) is 12.2. The van der Waals surface area contributed by atoms with Crippen LogP contribution in [0.1, 0.15) is 0 Å². The van der Waals surface area contributed by atoms with Crippen LogP contribution in [0.5, 0.6) is 5.75 Å². The van der Waals surface area contributed by atoms with Crippen molar-refractivity contribution < 1.29 is 61.8 Å². The lowest BCUT2D eigenvalue weighted by atomic mass is 9.97. The monoisotopic (exact) mass is 427 g/mol.